The van der Waals surface area contributed by atoms with E-state index in [0.717, 1.165) is 44.6 Å². The van der Waals surface area contributed by atoms with Crippen molar-refractivity contribution in [2.45, 2.75) is 69.8 Å². The summed E-state index contributed by atoms with van der Waals surface area (Å²) in [6, 6.07) is 2.49. The van der Waals surface area contributed by atoms with E-state index in [1.165, 1.54) is 6.42 Å². The summed E-state index contributed by atoms with van der Waals surface area (Å²) in [7, 11) is 0. The smallest absolute Gasteiger partial charge is 0.106 e. The molecule has 3 unspecified atom stereocenters. The zero-order valence-corrected chi connectivity index (χ0v) is 13.4. The molecule has 1 N–H and O–H groups in total. The lowest BCUT2D eigenvalue weighted by Gasteiger charge is -2.26. The Hall–Kier alpha value is -0.240. The topological polar surface area (TPSA) is 45.0 Å². The first-order valence-corrected chi connectivity index (χ1v) is 8.61. The third-order valence-corrected chi connectivity index (χ3v) is 5.49. The molecule has 1 aliphatic rings. The van der Waals surface area contributed by atoms with Crippen molar-refractivity contribution in [2.75, 3.05) is 18.9 Å². The van der Waals surface area contributed by atoms with Crippen molar-refractivity contribution in [3.8, 4) is 6.07 Å². The van der Waals surface area contributed by atoms with Crippen LogP contribution in [0.15, 0.2) is 0 Å². The average molecular weight is 284 g/mol. The molecule has 3 nitrogen and oxygen atoms in total. The monoisotopic (exact) mass is 284 g/mol. The summed E-state index contributed by atoms with van der Waals surface area (Å²) >= 11 is 2.02. The molecular weight excluding hydrogens is 256 g/mol. The van der Waals surface area contributed by atoms with Gasteiger partial charge >= 0.3 is 0 Å². The van der Waals surface area contributed by atoms with E-state index >= 15 is 0 Å². The SMILES string of the molecule is CCCNC(C#N)(CC)CCCSC1CCOC1C. The third kappa shape index (κ3) is 5.33. The summed E-state index contributed by atoms with van der Waals surface area (Å²) in [5, 5.41) is 13.5. The van der Waals surface area contributed by atoms with E-state index in [-0.39, 0.29) is 5.54 Å². The number of ether oxygens (including phenoxy) is 1. The second kappa shape index (κ2) is 8.84. The zero-order valence-electron chi connectivity index (χ0n) is 12.6. The van der Waals surface area contributed by atoms with Gasteiger partial charge in [0.2, 0.25) is 0 Å². The van der Waals surface area contributed by atoms with Gasteiger partial charge in [-0.15, -0.1) is 0 Å². The van der Waals surface area contributed by atoms with Gasteiger partial charge in [0.05, 0.1) is 12.2 Å². The van der Waals surface area contributed by atoms with Crippen LogP contribution in [0.4, 0.5) is 0 Å². The Morgan fingerprint density at radius 1 is 1.47 bits per heavy atom. The Morgan fingerprint density at radius 2 is 2.26 bits per heavy atom. The molecule has 1 saturated heterocycles. The third-order valence-electron chi connectivity index (χ3n) is 3.92. The first-order valence-electron chi connectivity index (χ1n) is 7.57. The summed E-state index contributed by atoms with van der Waals surface area (Å²) in [5.74, 6) is 1.13. The standard InChI is InChI=1S/C15H28N2OS/c1-4-9-17-15(5-2,12-16)8-6-11-19-14-7-10-18-13(14)3/h13-14,17H,4-11H2,1-3H3. The van der Waals surface area contributed by atoms with Crippen LogP contribution in [-0.2, 0) is 4.74 Å². The number of hydrogen-bond donors (Lipinski definition) is 1. The second-order valence-electron chi connectivity index (χ2n) is 5.35. The van der Waals surface area contributed by atoms with E-state index in [4.69, 9.17) is 4.74 Å². The quantitative estimate of drug-likeness (QED) is 0.660. The number of hydrogen-bond acceptors (Lipinski definition) is 4. The Labute approximate surface area is 122 Å². The van der Waals surface area contributed by atoms with Crippen LogP contribution in [0.5, 0.6) is 0 Å². The van der Waals surface area contributed by atoms with E-state index in [0.29, 0.717) is 11.4 Å². The minimum absolute atomic E-state index is 0.311. The van der Waals surface area contributed by atoms with Gasteiger partial charge in [0, 0.05) is 11.9 Å². The molecular formula is C15H28N2OS. The molecule has 0 spiro atoms. The fraction of sp³-hybridized carbons (Fsp3) is 0.933. The van der Waals surface area contributed by atoms with Crippen LogP contribution in [0, 0.1) is 11.3 Å². The highest BCUT2D eigenvalue weighted by atomic mass is 32.2. The molecule has 0 aromatic heterocycles. The van der Waals surface area contributed by atoms with Gasteiger partial charge < -0.3 is 4.74 Å². The molecule has 19 heavy (non-hydrogen) atoms. The second-order valence-corrected chi connectivity index (χ2v) is 6.70. The van der Waals surface area contributed by atoms with Gasteiger partial charge in [-0.05, 0) is 51.3 Å². The van der Waals surface area contributed by atoms with Crippen LogP contribution in [0.3, 0.4) is 0 Å². The minimum atomic E-state index is -0.311. The molecule has 1 rings (SSSR count). The Bertz CT molecular complexity index is 292. The minimum Gasteiger partial charge on any atom is -0.377 e. The van der Waals surface area contributed by atoms with E-state index in [2.05, 4.69) is 32.2 Å². The van der Waals surface area contributed by atoms with Gasteiger partial charge in [0.15, 0.2) is 0 Å². The highest BCUT2D eigenvalue weighted by Crippen LogP contribution is 2.28. The number of nitrogens with one attached hydrogen (secondary N) is 1. The molecule has 0 amide bonds. The van der Waals surface area contributed by atoms with Gasteiger partial charge in [0.25, 0.3) is 0 Å². The summed E-state index contributed by atoms with van der Waals surface area (Å²) in [6.45, 7) is 8.25. The molecule has 110 valence electrons. The van der Waals surface area contributed by atoms with E-state index < -0.39 is 0 Å². The lowest BCUT2D eigenvalue weighted by atomic mass is 9.92. The van der Waals surface area contributed by atoms with Crippen molar-refractivity contribution in [1.82, 2.24) is 5.32 Å². The number of thioether (sulfide) groups is 1. The predicted molar refractivity (Wildman–Crippen MR) is 82.4 cm³/mol. The van der Waals surface area contributed by atoms with Gasteiger partial charge in [-0.1, -0.05) is 13.8 Å². The fourth-order valence-corrected chi connectivity index (χ4v) is 3.69. The van der Waals surface area contributed by atoms with Crippen LogP contribution in [0.2, 0.25) is 0 Å². The molecule has 0 bridgehead atoms. The highest BCUT2D eigenvalue weighted by molar-refractivity contribution is 7.99. The van der Waals surface area contributed by atoms with E-state index in [1.807, 2.05) is 11.8 Å². The molecule has 3 atom stereocenters. The number of nitrogens with zero attached hydrogens (tertiary/aromatic N) is 1. The Balaban J connectivity index is 2.26. The summed E-state index contributed by atoms with van der Waals surface area (Å²) in [5.41, 5.74) is -0.311. The predicted octanol–water partition coefficient (Wildman–Crippen LogP) is 3.35. The lowest BCUT2D eigenvalue weighted by molar-refractivity contribution is 0.127. The number of nitriles is 1. The highest BCUT2D eigenvalue weighted by Gasteiger charge is 2.27. The van der Waals surface area contributed by atoms with Gasteiger partial charge in [-0.3, -0.25) is 5.32 Å². The largest absolute Gasteiger partial charge is 0.377 e. The molecule has 4 heteroatoms. The summed E-state index contributed by atoms with van der Waals surface area (Å²) in [4.78, 5) is 0. The van der Waals surface area contributed by atoms with Gasteiger partial charge in [-0.25, -0.2) is 0 Å². The molecule has 0 aromatic carbocycles. The van der Waals surface area contributed by atoms with Crippen LogP contribution in [0.25, 0.3) is 0 Å². The Kier molecular flexibility index (Phi) is 7.82. The van der Waals surface area contributed by atoms with Crippen molar-refractivity contribution in [2.24, 2.45) is 0 Å². The van der Waals surface area contributed by atoms with E-state index in [1.54, 1.807) is 0 Å². The van der Waals surface area contributed by atoms with E-state index in [9.17, 15) is 5.26 Å². The first-order chi connectivity index (χ1) is 9.17. The maximum atomic E-state index is 9.42. The van der Waals surface area contributed by atoms with Crippen molar-refractivity contribution in [3.63, 3.8) is 0 Å². The van der Waals surface area contributed by atoms with Crippen molar-refractivity contribution in [1.29, 1.82) is 5.26 Å². The number of rotatable bonds is 9. The maximum Gasteiger partial charge on any atom is 0.106 e. The summed E-state index contributed by atoms with van der Waals surface area (Å²) < 4.78 is 5.57. The van der Waals surface area contributed by atoms with Crippen molar-refractivity contribution < 1.29 is 4.74 Å². The van der Waals surface area contributed by atoms with Crippen LogP contribution in [0.1, 0.15) is 52.9 Å². The lowest BCUT2D eigenvalue weighted by Crippen LogP contribution is -2.43. The average Bonchev–Trinajstić information content (AvgIpc) is 2.84. The zero-order chi connectivity index (χ0) is 14.1. The maximum absolute atomic E-state index is 9.42. The van der Waals surface area contributed by atoms with Gasteiger partial charge in [0.1, 0.15) is 5.54 Å². The molecule has 1 fully saturated rings. The van der Waals surface area contributed by atoms with Crippen molar-refractivity contribution in [3.05, 3.63) is 0 Å². The molecule has 0 aromatic rings. The van der Waals surface area contributed by atoms with Gasteiger partial charge in [-0.2, -0.15) is 17.0 Å². The normalized spacial score (nSPS) is 26.0. The van der Waals surface area contributed by atoms with Crippen molar-refractivity contribution >= 4 is 11.8 Å². The molecule has 0 aliphatic carbocycles. The Morgan fingerprint density at radius 3 is 2.79 bits per heavy atom. The first kappa shape index (κ1) is 16.8. The summed E-state index contributed by atoms with van der Waals surface area (Å²) in [6.07, 6.45) is 5.60. The molecule has 0 radical (unpaired) electrons. The fourth-order valence-electron chi connectivity index (χ4n) is 2.47. The van der Waals surface area contributed by atoms with Crippen LogP contribution < -0.4 is 5.32 Å². The molecule has 1 aliphatic heterocycles. The molecule has 1 heterocycles. The van der Waals surface area contributed by atoms with Crippen LogP contribution in [-0.4, -0.2) is 35.8 Å². The molecule has 0 saturated carbocycles. The van der Waals surface area contributed by atoms with Crippen LogP contribution >= 0.6 is 11.8 Å².